The van der Waals surface area contributed by atoms with E-state index in [1.54, 1.807) is 30.3 Å². The maximum Gasteiger partial charge on any atom is 0.309 e. The van der Waals surface area contributed by atoms with Crippen LogP contribution in [0.4, 0.5) is 0 Å². The number of benzene rings is 2. The van der Waals surface area contributed by atoms with E-state index in [0.29, 0.717) is 60.1 Å². The van der Waals surface area contributed by atoms with Gasteiger partial charge in [0, 0.05) is 18.4 Å². The highest BCUT2D eigenvalue weighted by Crippen LogP contribution is 2.34. The molecule has 7 heteroatoms. The van der Waals surface area contributed by atoms with Crippen molar-refractivity contribution in [2.24, 2.45) is 0 Å². The van der Waals surface area contributed by atoms with Gasteiger partial charge in [-0.1, -0.05) is 44.4 Å². The molecule has 6 nitrogen and oxygen atoms in total. The molecule has 0 aromatic heterocycles. The van der Waals surface area contributed by atoms with Crippen molar-refractivity contribution >= 4 is 23.4 Å². The molecule has 180 valence electrons. The SMILES string of the molecule is CCCCC(=O)c1ccc(OCCCOc2ccc(CC(=O)OC)cc2Cl)c(CCC)c1O. The van der Waals surface area contributed by atoms with E-state index in [2.05, 4.69) is 4.74 Å². The molecule has 1 N–H and O–H groups in total. The Balaban J connectivity index is 1.91. The minimum Gasteiger partial charge on any atom is -0.507 e. The van der Waals surface area contributed by atoms with E-state index in [4.69, 9.17) is 21.1 Å². The van der Waals surface area contributed by atoms with Crippen molar-refractivity contribution in [1.29, 1.82) is 0 Å². The summed E-state index contributed by atoms with van der Waals surface area (Å²) in [7, 11) is 1.34. The summed E-state index contributed by atoms with van der Waals surface area (Å²) in [5.41, 5.74) is 1.79. The van der Waals surface area contributed by atoms with E-state index >= 15 is 0 Å². The van der Waals surface area contributed by atoms with E-state index in [1.807, 2.05) is 13.8 Å². The van der Waals surface area contributed by atoms with Gasteiger partial charge >= 0.3 is 5.97 Å². The Kier molecular flexibility index (Phi) is 11.0. The van der Waals surface area contributed by atoms with E-state index in [0.717, 1.165) is 24.8 Å². The summed E-state index contributed by atoms with van der Waals surface area (Å²) >= 11 is 6.25. The molecule has 0 aliphatic rings. The zero-order chi connectivity index (χ0) is 24.2. The summed E-state index contributed by atoms with van der Waals surface area (Å²) in [5, 5.41) is 11.1. The van der Waals surface area contributed by atoms with Gasteiger partial charge in [-0.2, -0.15) is 0 Å². The van der Waals surface area contributed by atoms with Crippen molar-refractivity contribution in [1.82, 2.24) is 0 Å². The van der Waals surface area contributed by atoms with E-state index in [9.17, 15) is 14.7 Å². The standard InChI is InChI=1S/C26H33ClO6/c1-4-6-9-22(28)19-11-13-23(20(8-5-2)26(19)30)32-14-7-15-33-24-12-10-18(16-21(24)27)17-25(29)31-3/h10-13,16,30H,4-9,14-15,17H2,1-3H3. The molecule has 0 aliphatic heterocycles. The van der Waals surface area contributed by atoms with Gasteiger partial charge in [0.15, 0.2) is 5.78 Å². The topological polar surface area (TPSA) is 82.1 Å². The summed E-state index contributed by atoms with van der Waals surface area (Å²) in [6.45, 7) is 4.82. The molecule has 0 heterocycles. The number of phenols is 1. The third-order valence-electron chi connectivity index (χ3n) is 5.17. The van der Waals surface area contributed by atoms with Crippen LogP contribution in [-0.4, -0.2) is 37.2 Å². The number of ketones is 1. The molecular weight excluding hydrogens is 444 g/mol. The zero-order valence-corrected chi connectivity index (χ0v) is 20.4. The van der Waals surface area contributed by atoms with Gasteiger partial charge in [0.1, 0.15) is 17.2 Å². The normalized spacial score (nSPS) is 10.7. The molecule has 0 radical (unpaired) electrons. The van der Waals surface area contributed by atoms with Crippen LogP contribution in [0.25, 0.3) is 0 Å². The molecule has 33 heavy (non-hydrogen) atoms. The number of unbranched alkanes of at least 4 members (excludes halogenated alkanes) is 1. The second kappa shape index (κ2) is 13.7. The molecule has 0 bridgehead atoms. The Hall–Kier alpha value is -2.73. The molecule has 2 rings (SSSR count). The van der Waals surface area contributed by atoms with Crippen molar-refractivity contribution < 1.29 is 28.9 Å². The van der Waals surface area contributed by atoms with Crippen LogP contribution in [0.5, 0.6) is 17.2 Å². The summed E-state index contributed by atoms with van der Waals surface area (Å²) in [4.78, 5) is 23.8. The lowest BCUT2D eigenvalue weighted by atomic mass is 9.98. The van der Waals surface area contributed by atoms with Crippen LogP contribution >= 0.6 is 11.6 Å². The molecule has 0 saturated carbocycles. The van der Waals surface area contributed by atoms with Crippen LogP contribution in [0.15, 0.2) is 30.3 Å². The molecule has 2 aromatic rings. The summed E-state index contributed by atoms with van der Waals surface area (Å²) in [5.74, 6) is 0.784. The first-order chi connectivity index (χ1) is 15.9. The number of phenolic OH excluding ortho intramolecular Hbond substituents is 1. The quantitative estimate of drug-likeness (QED) is 0.206. The fourth-order valence-corrected chi connectivity index (χ4v) is 3.63. The number of methoxy groups -OCH3 is 1. The molecule has 0 saturated heterocycles. The van der Waals surface area contributed by atoms with Crippen LogP contribution in [0.1, 0.15) is 67.4 Å². The predicted molar refractivity (Wildman–Crippen MR) is 129 cm³/mol. The smallest absolute Gasteiger partial charge is 0.309 e. The Morgan fingerprint density at radius 2 is 1.67 bits per heavy atom. The Morgan fingerprint density at radius 1 is 0.970 bits per heavy atom. The average Bonchev–Trinajstić information content (AvgIpc) is 2.80. The zero-order valence-electron chi connectivity index (χ0n) is 19.6. The Labute approximate surface area is 200 Å². The minimum atomic E-state index is -0.330. The fourth-order valence-electron chi connectivity index (χ4n) is 3.38. The summed E-state index contributed by atoms with van der Waals surface area (Å²) in [6, 6.07) is 8.61. The van der Waals surface area contributed by atoms with Gasteiger partial charge in [0.25, 0.3) is 0 Å². The van der Waals surface area contributed by atoms with Crippen molar-refractivity contribution in [3.8, 4) is 17.2 Å². The van der Waals surface area contributed by atoms with Crippen molar-refractivity contribution in [3.05, 3.63) is 52.0 Å². The number of ether oxygens (including phenoxy) is 3. The highest BCUT2D eigenvalue weighted by molar-refractivity contribution is 6.32. The molecule has 2 aromatic carbocycles. The maximum atomic E-state index is 12.4. The predicted octanol–water partition coefficient (Wildman–Crippen LogP) is 5.93. The van der Waals surface area contributed by atoms with Gasteiger partial charge in [-0.25, -0.2) is 0 Å². The van der Waals surface area contributed by atoms with Crippen LogP contribution in [0.3, 0.4) is 0 Å². The van der Waals surface area contributed by atoms with Crippen LogP contribution in [0.2, 0.25) is 5.02 Å². The molecular formula is C26H33ClO6. The van der Waals surface area contributed by atoms with Gasteiger partial charge < -0.3 is 19.3 Å². The van der Waals surface area contributed by atoms with E-state index < -0.39 is 0 Å². The third-order valence-corrected chi connectivity index (χ3v) is 5.47. The lowest BCUT2D eigenvalue weighted by molar-refractivity contribution is -0.139. The average molecular weight is 477 g/mol. The second-order valence-corrected chi connectivity index (χ2v) is 8.19. The Morgan fingerprint density at radius 3 is 2.30 bits per heavy atom. The third kappa shape index (κ3) is 7.97. The number of carbonyl (C=O) groups is 2. The fraction of sp³-hybridized carbons (Fsp3) is 0.462. The lowest BCUT2D eigenvalue weighted by Crippen LogP contribution is -2.08. The first-order valence-corrected chi connectivity index (χ1v) is 11.8. The lowest BCUT2D eigenvalue weighted by Gasteiger charge is -2.15. The van der Waals surface area contributed by atoms with Crippen LogP contribution in [-0.2, 0) is 22.4 Å². The van der Waals surface area contributed by atoms with Crippen molar-refractivity contribution in [3.63, 3.8) is 0 Å². The second-order valence-electron chi connectivity index (χ2n) is 7.78. The number of esters is 1. The number of halogens is 1. The number of rotatable bonds is 14. The molecule has 0 fully saturated rings. The number of carbonyl (C=O) groups excluding carboxylic acids is 2. The van der Waals surface area contributed by atoms with Crippen molar-refractivity contribution in [2.45, 2.75) is 58.8 Å². The van der Waals surface area contributed by atoms with E-state index in [-0.39, 0.29) is 23.9 Å². The maximum absolute atomic E-state index is 12.4. The molecule has 0 amide bonds. The Bertz CT molecular complexity index is 941. The van der Waals surface area contributed by atoms with Gasteiger partial charge in [-0.05, 0) is 42.7 Å². The number of hydrogen-bond donors (Lipinski definition) is 1. The van der Waals surface area contributed by atoms with Crippen molar-refractivity contribution in [2.75, 3.05) is 20.3 Å². The first kappa shape index (κ1) is 26.5. The van der Waals surface area contributed by atoms with Gasteiger partial charge in [-0.15, -0.1) is 0 Å². The van der Waals surface area contributed by atoms with Gasteiger partial charge in [0.05, 0.1) is 37.3 Å². The molecule has 0 aliphatic carbocycles. The van der Waals surface area contributed by atoms with E-state index in [1.165, 1.54) is 7.11 Å². The van der Waals surface area contributed by atoms with Gasteiger partial charge in [0.2, 0.25) is 0 Å². The van der Waals surface area contributed by atoms with Gasteiger partial charge in [-0.3, -0.25) is 9.59 Å². The highest BCUT2D eigenvalue weighted by Gasteiger charge is 2.18. The largest absolute Gasteiger partial charge is 0.507 e. The number of Topliss-reactive ketones (excluding diaryl/α,β-unsaturated/α-hetero) is 1. The summed E-state index contributed by atoms with van der Waals surface area (Å²) < 4.78 is 16.3. The van der Waals surface area contributed by atoms with Crippen LogP contribution < -0.4 is 9.47 Å². The number of aromatic hydroxyl groups is 1. The summed E-state index contributed by atoms with van der Waals surface area (Å²) in [6.07, 6.45) is 4.37. The first-order valence-electron chi connectivity index (χ1n) is 11.4. The monoisotopic (exact) mass is 476 g/mol. The minimum absolute atomic E-state index is 0.0329. The van der Waals surface area contributed by atoms with Crippen LogP contribution in [0, 0.1) is 0 Å². The molecule has 0 atom stereocenters. The highest BCUT2D eigenvalue weighted by atomic mass is 35.5. The number of hydrogen-bond acceptors (Lipinski definition) is 6. The molecule has 0 spiro atoms. The molecule has 0 unspecified atom stereocenters.